The summed E-state index contributed by atoms with van der Waals surface area (Å²) in [5, 5.41) is 0. The van der Waals surface area contributed by atoms with Gasteiger partial charge in [0.15, 0.2) is 11.6 Å². The zero-order chi connectivity index (χ0) is 19.8. The summed E-state index contributed by atoms with van der Waals surface area (Å²) in [5.74, 6) is -2.41. The van der Waals surface area contributed by atoms with Crippen LogP contribution in [-0.2, 0) is 19.3 Å². The third-order valence-electron chi connectivity index (χ3n) is 5.72. The summed E-state index contributed by atoms with van der Waals surface area (Å²) >= 11 is 0. The fraction of sp³-hybridized carbons (Fsp3) is 0.250. The molecule has 4 rings (SSSR count). The molecule has 144 valence electrons. The molecular formula is C24H20F4. The van der Waals surface area contributed by atoms with Crippen molar-refractivity contribution in [3.05, 3.63) is 94.1 Å². The Morgan fingerprint density at radius 3 is 2.29 bits per heavy atom. The minimum Gasteiger partial charge on any atom is -0.207 e. The average molecular weight is 384 g/mol. The van der Waals surface area contributed by atoms with Crippen LogP contribution < -0.4 is 0 Å². The summed E-state index contributed by atoms with van der Waals surface area (Å²) in [6.45, 7) is 1.79. The molecule has 0 saturated carbocycles. The molecule has 3 aromatic carbocycles. The summed E-state index contributed by atoms with van der Waals surface area (Å²) in [6.07, 6.45) is 1.92. The number of aryl methyl sites for hydroxylation is 1. The number of benzene rings is 3. The highest BCUT2D eigenvalue weighted by molar-refractivity contribution is 5.66. The monoisotopic (exact) mass is 384 g/mol. The lowest BCUT2D eigenvalue weighted by atomic mass is 9.78. The van der Waals surface area contributed by atoms with E-state index in [-0.39, 0.29) is 17.6 Å². The van der Waals surface area contributed by atoms with E-state index in [0.717, 1.165) is 5.56 Å². The third kappa shape index (κ3) is 3.21. The van der Waals surface area contributed by atoms with Gasteiger partial charge in [0, 0.05) is 5.56 Å². The Balaban J connectivity index is 1.66. The van der Waals surface area contributed by atoms with E-state index >= 15 is 4.39 Å². The molecule has 0 heterocycles. The van der Waals surface area contributed by atoms with E-state index in [1.54, 1.807) is 37.3 Å². The Hall–Kier alpha value is -2.62. The zero-order valence-electron chi connectivity index (χ0n) is 15.5. The van der Waals surface area contributed by atoms with Crippen LogP contribution in [0, 0.1) is 23.3 Å². The number of hydrogen-bond donors (Lipinski definition) is 0. The minimum absolute atomic E-state index is 0.177. The van der Waals surface area contributed by atoms with Crippen molar-refractivity contribution >= 4 is 0 Å². The van der Waals surface area contributed by atoms with E-state index in [1.807, 2.05) is 6.07 Å². The van der Waals surface area contributed by atoms with Gasteiger partial charge in [-0.3, -0.25) is 0 Å². The molecule has 1 aliphatic rings. The largest absolute Gasteiger partial charge is 0.207 e. The maximum Gasteiger partial charge on any atom is 0.162 e. The van der Waals surface area contributed by atoms with E-state index in [2.05, 4.69) is 0 Å². The van der Waals surface area contributed by atoms with Gasteiger partial charge in [0.1, 0.15) is 11.6 Å². The Labute approximate surface area is 161 Å². The van der Waals surface area contributed by atoms with Crippen molar-refractivity contribution in [2.45, 2.75) is 38.5 Å². The van der Waals surface area contributed by atoms with E-state index in [0.29, 0.717) is 53.5 Å². The van der Waals surface area contributed by atoms with Crippen molar-refractivity contribution in [1.29, 1.82) is 0 Å². The molecule has 0 fully saturated rings. The van der Waals surface area contributed by atoms with Crippen LogP contribution in [0.25, 0.3) is 11.1 Å². The molecule has 28 heavy (non-hydrogen) atoms. The second-order valence-electron chi connectivity index (χ2n) is 7.31. The van der Waals surface area contributed by atoms with Gasteiger partial charge in [-0.25, -0.2) is 17.6 Å². The van der Waals surface area contributed by atoms with Crippen molar-refractivity contribution in [3.8, 4) is 11.1 Å². The van der Waals surface area contributed by atoms with Gasteiger partial charge in [0.2, 0.25) is 0 Å². The number of rotatable bonds is 3. The van der Waals surface area contributed by atoms with Crippen molar-refractivity contribution in [3.63, 3.8) is 0 Å². The summed E-state index contributed by atoms with van der Waals surface area (Å²) in [4.78, 5) is 0. The Morgan fingerprint density at radius 2 is 1.57 bits per heavy atom. The second kappa shape index (κ2) is 7.42. The Bertz CT molecular complexity index is 1020. The summed E-state index contributed by atoms with van der Waals surface area (Å²) in [5.41, 5.74) is 3.22. The molecule has 0 amide bonds. The van der Waals surface area contributed by atoms with Gasteiger partial charge < -0.3 is 0 Å². The summed E-state index contributed by atoms with van der Waals surface area (Å²) < 4.78 is 56.9. The first kappa shape index (κ1) is 18.7. The van der Waals surface area contributed by atoms with Crippen molar-refractivity contribution in [2.24, 2.45) is 0 Å². The topological polar surface area (TPSA) is 0 Å². The van der Waals surface area contributed by atoms with Crippen LogP contribution in [0.3, 0.4) is 0 Å². The minimum atomic E-state index is -0.781. The van der Waals surface area contributed by atoms with Gasteiger partial charge in [-0.2, -0.15) is 0 Å². The van der Waals surface area contributed by atoms with Crippen LogP contribution in [-0.4, -0.2) is 0 Å². The van der Waals surface area contributed by atoms with Crippen LogP contribution in [0.4, 0.5) is 17.6 Å². The van der Waals surface area contributed by atoms with Crippen LogP contribution in [0.2, 0.25) is 0 Å². The summed E-state index contributed by atoms with van der Waals surface area (Å²) in [7, 11) is 0. The fourth-order valence-electron chi connectivity index (χ4n) is 4.12. The molecule has 0 bridgehead atoms. The molecule has 0 spiro atoms. The molecule has 0 radical (unpaired) electrons. The van der Waals surface area contributed by atoms with Gasteiger partial charge in [0.25, 0.3) is 0 Å². The molecule has 0 aliphatic heterocycles. The third-order valence-corrected chi connectivity index (χ3v) is 5.72. The van der Waals surface area contributed by atoms with Crippen LogP contribution in [0.1, 0.15) is 41.5 Å². The van der Waals surface area contributed by atoms with Gasteiger partial charge in [-0.15, -0.1) is 0 Å². The highest BCUT2D eigenvalue weighted by atomic mass is 19.2. The Kier molecular flexibility index (Phi) is 4.96. The normalized spacial score (nSPS) is 16.1. The van der Waals surface area contributed by atoms with E-state index in [9.17, 15) is 13.2 Å². The lowest BCUT2D eigenvalue weighted by Crippen LogP contribution is -2.16. The first-order valence-corrected chi connectivity index (χ1v) is 9.52. The fourth-order valence-corrected chi connectivity index (χ4v) is 4.12. The number of fused-ring (bicyclic) bond motifs is 1. The highest BCUT2D eigenvalue weighted by Crippen LogP contribution is 2.38. The molecule has 1 aliphatic carbocycles. The number of halogens is 4. The molecule has 4 heteroatoms. The highest BCUT2D eigenvalue weighted by Gasteiger charge is 2.27. The van der Waals surface area contributed by atoms with Crippen molar-refractivity contribution in [2.75, 3.05) is 0 Å². The SMILES string of the molecule is CCc1ccc(C2CCc3c(ccc(-c4ccc(F)cc4)c3F)C2)c(F)c1F. The van der Waals surface area contributed by atoms with Gasteiger partial charge in [0.05, 0.1) is 0 Å². The quantitative estimate of drug-likeness (QED) is 0.439. The number of hydrogen-bond acceptors (Lipinski definition) is 0. The molecule has 0 N–H and O–H groups in total. The molecule has 1 atom stereocenters. The van der Waals surface area contributed by atoms with Crippen LogP contribution >= 0.6 is 0 Å². The first-order valence-electron chi connectivity index (χ1n) is 9.52. The smallest absolute Gasteiger partial charge is 0.162 e. The lowest BCUT2D eigenvalue weighted by Gasteiger charge is -2.27. The zero-order valence-corrected chi connectivity index (χ0v) is 15.5. The second-order valence-corrected chi connectivity index (χ2v) is 7.31. The maximum atomic E-state index is 15.1. The van der Waals surface area contributed by atoms with Crippen LogP contribution in [0.15, 0.2) is 48.5 Å². The van der Waals surface area contributed by atoms with Gasteiger partial charge >= 0.3 is 0 Å². The molecule has 0 saturated heterocycles. The van der Waals surface area contributed by atoms with Crippen molar-refractivity contribution in [1.82, 2.24) is 0 Å². The average Bonchev–Trinajstić information content (AvgIpc) is 2.71. The van der Waals surface area contributed by atoms with Crippen LogP contribution in [0.5, 0.6) is 0 Å². The predicted molar refractivity (Wildman–Crippen MR) is 102 cm³/mol. The standard InChI is InChI=1S/C24H20F4/c1-2-14-5-10-21(24(28)22(14)26)17-7-12-20-16(13-17)6-11-19(23(20)27)15-3-8-18(25)9-4-15/h3-6,8-11,17H,2,7,12-13H2,1H3. The molecule has 0 nitrogen and oxygen atoms in total. The molecule has 0 aromatic heterocycles. The van der Waals surface area contributed by atoms with Gasteiger partial charge in [-0.1, -0.05) is 43.3 Å². The molecule has 3 aromatic rings. The van der Waals surface area contributed by atoms with Crippen molar-refractivity contribution < 1.29 is 17.6 Å². The van der Waals surface area contributed by atoms with E-state index in [1.165, 1.54) is 12.1 Å². The van der Waals surface area contributed by atoms with E-state index in [4.69, 9.17) is 0 Å². The Morgan fingerprint density at radius 1 is 0.821 bits per heavy atom. The van der Waals surface area contributed by atoms with Gasteiger partial charge in [-0.05, 0) is 71.6 Å². The molecular weight excluding hydrogens is 364 g/mol. The first-order chi connectivity index (χ1) is 13.5. The molecule has 1 unspecified atom stereocenters. The maximum absolute atomic E-state index is 15.1. The summed E-state index contributed by atoms with van der Waals surface area (Å²) in [6, 6.07) is 12.6. The predicted octanol–water partition coefficient (Wildman–Crippen LogP) is 6.74. The lowest BCUT2D eigenvalue weighted by molar-refractivity contribution is 0.465. The van der Waals surface area contributed by atoms with E-state index < -0.39 is 11.6 Å².